The summed E-state index contributed by atoms with van der Waals surface area (Å²) in [6, 6.07) is 18.5. The standard InChI is InChI=1S/C27H27ClN4O5.CO2.ClH/c1-17-3-2-4-18(13-17)15-32(16-25(34)35)24(33)12-8-19-7-11-22(14-23(19)28)37-26(36)20-5-9-21(10-6-20)31-27(29)30;2-1-3;/h2-7,9-11,13-14H,8,12,15-16H2,1H3,(H,34,35)(H4,29,30,31);;1H. The van der Waals surface area contributed by atoms with E-state index in [1.807, 2.05) is 31.2 Å². The van der Waals surface area contributed by atoms with Crippen LogP contribution in [0.4, 0.5) is 5.69 Å². The maximum Gasteiger partial charge on any atom is 0.373 e. The van der Waals surface area contributed by atoms with Gasteiger partial charge in [0.1, 0.15) is 12.3 Å². The zero-order valence-corrected chi connectivity index (χ0v) is 23.5. The molecule has 0 radical (unpaired) electrons. The number of nitrogens with two attached hydrogens (primary N) is 2. The Balaban J connectivity index is 0.00000201. The number of ether oxygens (including phenoxy) is 1. The first kappa shape index (κ1) is 34.3. The lowest BCUT2D eigenvalue weighted by atomic mass is 10.1. The number of carboxylic acid groups (broad SMARTS) is 1. The van der Waals surface area contributed by atoms with Gasteiger partial charge < -0.3 is 26.2 Å². The maximum absolute atomic E-state index is 12.8. The first-order valence-electron chi connectivity index (χ1n) is 11.8. The van der Waals surface area contributed by atoms with E-state index in [0.29, 0.717) is 28.3 Å². The molecule has 0 unspecified atom stereocenters. The first-order valence-corrected chi connectivity index (χ1v) is 12.1. The second-order valence-corrected chi connectivity index (χ2v) is 8.85. The summed E-state index contributed by atoms with van der Waals surface area (Å²) in [5, 5.41) is 9.58. The fourth-order valence-electron chi connectivity index (χ4n) is 3.61. The predicted octanol–water partition coefficient (Wildman–Crippen LogP) is 3.66. The van der Waals surface area contributed by atoms with Gasteiger partial charge in [0.2, 0.25) is 5.91 Å². The number of aryl methyl sites for hydroxylation is 2. The predicted molar refractivity (Wildman–Crippen MR) is 153 cm³/mol. The highest BCUT2D eigenvalue weighted by atomic mass is 35.5. The van der Waals surface area contributed by atoms with Crippen molar-refractivity contribution in [1.82, 2.24) is 4.90 Å². The summed E-state index contributed by atoms with van der Waals surface area (Å²) in [4.78, 5) is 58.0. The second-order valence-electron chi connectivity index (χ2n) is 8.44. The first-order chi connectivity index (χ1) is 19.0. The molecule has 3 rings (SSSR count). The summed E-state index contributed by atoms with van der Waals surface area (Å²) in [7, 11) is 0. The molecule has 0 bridgehead atoms. The Hall–Kier alpha value is -4.70. The van der Waals surface area contributed by atoms with Gasteiger partial charge in [0.25, 0.3) is 0 Å². The number of hydrogen-bond acceptors (Lipinski definition) is 7. The van der Waals surface area contributed by atoms with Crippen LogP contribution in [0.25, 0.3) is 0 Å². The second kappa shape index (κ2) is 17.1. The third kappa shape index (κ3) is 11.9. The lowest BCUT2D eigenvalue weighted by Crippen LogP contribution is -2.35. The minimum absolute atomic E-state index is 0. The average molecular weight is 603 g/mol. The van der Waals surface area contributed by atoms with Gasteiger partial charge in [-0.1, -0.05) is 47.5 Å². The molecule has 216 valence electrons. The van der Waals surface area contributed by atoms with Crippen molar-refractivity contribution < 1.29 is 33.8 Å². The zero-order chi connectivity index (χ0) is 29.7. The largest absolute Gasteiger partial charge is 0.480 e. The van der Waals surface area contributed by atoms with E-state index in [2.05, 4.69) is 4.99 Å². The smallest absolute Gasteiger partial charge is 0.373 e. The molecule has 0 saturated carbocycles. The molecule has 0 aliphatic carbocycles. The molecular formula is C28H28Cl2N4O7. The van der Waals surface area contributed by atoms with Crippen LogP contribution in [0.3, 0.4) is 0 Å². The van der Waals surface area contributed by atoms with Gasteiger partial charge >= 0.3 is 18.1 Å². The zero-order valence-electron chi connectivity index (χ0n) is 21.9. The van der Waals surface area contributed by atoms with Gasteiger partial charge in [0.15, 0.2) is 5.96 Å². The molecule has 0 spiro atoms. The molecule has 0 aromatic heterocycles. The third-order valence-electron chi connectivity index (χ3n) is 5.34. The number of hydrogen-bond donors (Lipinski definition) is 3. The van der Waals surface area contributed by atoms with Gasteiger partial charge in [0.05, 0.1) is 11.3 Å². The molecular weight excluding hydrogens is 575 g/mol. The van der Waals surface area contributed by atoms with Crippen molar-refractivity contribution in [3.8, 4) is 5.75 Å². The van der Waals surface area contributed by atoms with Crippen LogP contribution in [0.1, 0.15) is 33.5 Å². The number of carbonyl (C=O) groups excluding carboxylic acids is 4. The number of esters is 1. The molecule has 11 nitrogen and oxygen atoms in total. The Labute approximate surface area is 247 Å². The highest BCUT2D eigenvalue weighted by Gasteiger charge is 2.18. The Morgan fingerprint density at radius 1 is 1.02 bits per heavy atom. The molecule has 1 amide bonds. The fraction of sp³-hybridized carbons (Fsp3) is 0.179. The normalized spacial score (nSPS) is 9.61. The maximum atomic E-state index is 12.8. The summed E-state index contributed by atoms with van der Waals surface area (Å²) in [6.45, 7) is 1.73. The van der Waals surface area contributed by atoms with Crippen LogP contribution in [0, 0.1) is 6.92 Å². The summed E-state index contributed by atoms with van der Waals surface area (Å²) < 4.78 is 5.39. The van der Waals surface area contributed by atoms with E-state index in [1.165, 1.54) is 23.1 Å². The number of halogens is 2. The molecule has 0 saturated heterocycles. The van der Waals surface area contributed by atoms with Gasteiger partial charge in [0, 0.05) is 18.0 Å². The number of aliphatic carboxylic acids is 1. The number of amides is 1. The molecule has 0 fully saturated rings. The molecule has 41 heavy (non-hydrogen) atoms. The van der Waals surface area contributed by atoms with Crippen LogP contribution in [-0.2, 0) is 32.1 Å². The topological polar surface area (TPSA) is 182 Å². The van der Waals surface area contributed by atoms with E-state index in [4.69, 9.17) is 37.4 Å². The van der Waals surface area contributed by atoms with E-state index >= 15 is 0 Å². The van der Waals surface area contributed by atoms with Crippen LogP contribution in [0.15, 0.2) is 71.7 Å². The number of guanidine groups is 1. The third-order valence-corrected chi connectivity index (χ3v) is 5.69. The molecule has 13 heteroatoms. The Morgan fingerprint density at radius 2 is 1.68 bits per heavy atom. The number of rotatable bonds is 10. The number of benzene rings is 3. The van der Waals surface area contributed by atoms with Crippen LogP contribution in [-0.4, -0.2) is 46.5 Å². The molecule has 0 aliphatic heterocycles. The fourth-order valence-corrected chi connectivity index (χ4v) is 3.87. The van der Waals surface area contributed by atoms with Crippen molar-refractivity contribution in [1.29, 1.82) is 0 Å². The number of carbonyl (C=O) groups is 3. The highest BCUT2D eigenvalue weighted by Crippen LogP contribution is 2.25. The van der Waals surface area contributed by atoms with E-state index in [9.17, 15) is 19.5 Å². The minimum atomic E-state index is -1.09. The summed E-state index contributed by atoms with van der Waals surface area (Å²) in [5.74, 6) is -1.83. The van der Waals surface area contributed by atoms with Crippen molar-refractivity contribution in [2.45, 2.75) is 26.3 Å². The quantitative estimate of drug-likeness (QED) is 0.135. The summed E-state index contributed by atoms with van der Waals surface area (Å²) in [5.41, 5.74) is 14.0. The van der Waals surface area contributed by atoms with Gasteiger partial charge in [-0.2, -0.15) is 9.59 Å². The molecule has 5 N–H and O–H groups in total. The van der Waals surface area contributed by atoms with Gasteiger partial charge in [-0.05, 0) is 60.9 Å². The minimum Gasteiger partial charge on any atom is -0.480 e. The molecule has 3 aromatic carbocycles. The number of carboxylic acids is 1. The van der Waals surface area contributed by atoms with E-state index < -0.39 is 18.5 Å². The van der Waals surface area contributed by atoms with Crippen molar-refractivity contribution in [3.05, 3.63) is 94.0 Å². The summed E-state index contributed by atoms with van der Waals surface area (Å²) in [6.07, 6.45) is 0.613. The molecule has 3 aromatic rings. The van der Waals surface area contributed by atoms with E-state index in [0.717, 1.165) is 11.1 Å². The monoisotopic (exact) mass is 602 g/mol. The van der Waals surface area contributed by atoms with Gasteiger partial charge in [-0.25, -0.2) is 9.79 Å². The number of aliphatic imine (C=N–C) groups is 1. The molecule has 0 aliphatic rings. The Morgan fingerprint density at radius 3 is 2.24 bits per heavy atom. The highest BCUT2D eigenvalue weighted by molar-refractivity contribution is 6.31. The van der Waals surface area contributed by atoms with Crippen molar-refractivity contribution in [2.75, 3.05) is 6.54 Å². The van der Waals surface area contributed by atoms with Crippen molar-refractivity contribution >= 4 is 59.7 Å². The van der Waals surface area contributed by atoms with Crippen LogP contribution < -0.4 is 16.2 Å². The van der Waals surface area contributed by atoms with E-state index in [1.54, 1.807) is 24.3 Å². The van der Waals surface area contributed by atoms with Gasteiger partial charge in [-0.3, -0.25) is 9.59 Å². The molecule has 0 heterocycles. The van der Waals surface area contributed by atoms with Gasteiger partial charge in [-0.15, -0.1) is 12.4 Å². The lowest BCUT2D eigenvalue weighted by molar-refractivity contribution is -0.191. The van der Waals surface area contributed by atoms with Crippen LogP contribution >= 0.6 is 24.0 Å². The SMILES string of the molecule is Cc1cccc(CN(CC(=O)O)C(=O)CCc2ccc(OC(=O)c3ccc(N=C(N)N)cc3)cc2Cl)c1.Cl.O=C=O. The Kier molecular flexibility index (Phi) is 14.3. The van der Waals surface area contributed by atoms with Crippen molar-refractivity contribution in [3.63, 3.8) is 0 Å². The summed E-state index contributed by atoms with van der Waals surface area (Å²) >= 11 is 6.37. The van der Waals surface area contributed by atoms with Crippen LogP contribution in [0.5, 0.6) is 5.75 Å². The van der Waals surface area contributed by atoms with Crippen molar-refractivity contribution in [2.24, 2.45) is 16.5 Å². The van der Waals surface area contributed by atoms with E-state index in [-0.39, 0.29) is 49.1 Å². The Bertz CT molecular complexity index is 1420. The average Bonchev–Trinajstić information content (AvgIpc) is 2.88. The lowest BCUT2D eigenvalue weighted by Gasteiger charge is -2.21. The molecule has 0 atom stereocenters. The number of nitrogens with zero attached hydrogens (tertiary/aromatic N) is 2. The van der Waals surface area contributed by atoms with Crippen LogP contribution in [0.2, 0.25) is 5.02 Å².